The molecule has 1 saturated heterocycles. The van der Waals surface area contributed by atoms with E-state index in [4.69, 9.17) is 4.74 Å². The minimum atomic E-state index is -0.418. The molecule has 2 rings (SSSR count). The van der Waals surface area contributed by atoms with Crippen LogP contribution in [-0.2, 0) is 4.79 Å². The fourth-order valence-corrected chi connectivity index (χ4v) is 2.12. The van der Waals surface area contributed by atoms with Gasteiger partial charge < -0.3 is 10.1 Å². The molecule has 5 nitrogen and oxygen atoms in total. The van der Waals surface area contributed by atoms with Crippen LogP contribution in [0, 0.1) is 0 Å². The average molecular weight is 311 g/mol. The van der Waals surface area contributed by atoms with Crippen LogP contribution in [0.4, 0.5) is 4.79 Å². The van der Waals surface area contributed by atoms with E-state index in [-0.39, 0.29) is 11.6 Å². The van der Waals surface area contributed by atoms with Gasteiger partial charge in [-0.3, -0.25) is 9.69 Å². The second-order valence-electron chi connectivity index (χ2n) is 3.75. The molecule has 0 aromatic heterocycles. The Hall–Kier alpha value is -1.82. The second-order valence-corrected chi connectivity index (χ2v) is 4.60. The van der Waals surface area contributed by atoms with Gasteiger partial charge in [0.25, 0.3) is 5.91 Å². The van der Waals surface area contributed by atoms with Gasteiger partial charge in [-0.05, 0) is 39.7 Å². The second kappa shape index (κ2) is 4.81. The Balaban J connectivity index is 2.32. The number of urea groups is 1. The summed E-state index contributed by atoms with van der Waals surface area (Å²) in [7, 11) is 3.01. The molecule has 1 N–H and O–H groups in total. The first kappa shape index (κ1) is 12.6. The third-order valence-corrected chi connectivity index (χ3v) is 3.19. The molecular weight excluding hydrogens is 300 g/mol. The quantitative estimate of drug-likeness (QED) is 0.671. The largest absolute Gasteiger partial charge is 0.496 e. The molecule has 3 amide bonds. The minimum Gasteiger partial charge on any atom is -0.496 e. The molecule has 1 aromatic rings. The highest BCUT2D eigenvalue weighted by atomic mass is 79.9. The van der Waals surface area contributed by atoms with E-state index in [2.05, 4.69) is 21.2 Å². The number of carbonyl (C=O) groups excluding carboxylic acids is 2. The SMILES string of the molecule is COc1ccc(/C=C2/NC(=O)N(C)C2=O)cc1Br. The van der Waals surface area contributed by atoms with Crippen molar-refractivity contribution in [2.24, 2.45) is 0 Å². The summed E-state index contributed by atoms with van der Waals surface area (Å²) < 4.78 is 5.89. The lowest BCUT2D eigenvalue weighted by Gasteiger charge is -2.04. The van der Waals surface area contributed by atoms with Crippen molar-refractivity contribution < 1.29 is 14.3 Å². The van der Waals surface area contributed by atoms with Crippen molar-refractivity contribution in [2.75, 3.05) is 14.2 Å². The van der Waals surface area contributed by atoms with Gasteiger partial charge >= 0.3 is 6.03 Å². The first-order valence-electron chi connectivity index (χ1n) is 5.17. The number of ether oxygens (including phenoxy) is 1. The smallest absolute Gasteiger partial charge is 0.328 e. The zero-order valence-electron chi connectivity index (χ0n) is 9.86. The number of rotatable bonds is 2. The molecule has 1 fully saturated rings. The van der Waals surface area contributed by atoms with Crippen LogP contribution < -0.4 is 10.1 Å². The number of benzene rings is 1. The summed E-state index contributed by atoms with van der Waals surface area (Å²) >= 11 is 3.36. The minimum absolute atomic E-state index is 0.263. The lowest BCUT2D eigenvalue weighted by atomic mass is 10.2. The Morgan fingerprint density at radius 2 is 2.11 bits per heavy atom. The Bertz CT molecular complexity index is 554. The van der Waals surface area contributed by atoms with Crippen LogP contribution in [0.2, 0.25) is 0 Å². The molecule has 1 aliphatic heterocycles. The first-order valence-corrected chi connectivity index (χ1v) is 5.96. The van der Waals surface area contributed by atoms with Crippen molar-refractivity contribution in [1.82, 2.24) is 10.2 Å². The van der Waals surface area contributed by atoms with Gasteiger partial charge in [0.05, 0.1) is 11.6 Å². The number of imide groups is 1. The van der Waals surface area contributed by atoms with Crippen molar-refractivity contribution in [1.29, 1.82) is 0 Å². The van der Waals surface area contributed by atoms with Crippen LogP contribution >= 0.6 is 15.9 Å². The predicted molar refractivity (Wildman–Crippen MR) is 70.0 cm³/mol. The average Bonchev–Trinajstić information content (AvgIpc) is 2.57. The van der Waals surface area contributed by atoms with E-state index < -0.39 is 6.03 Å². The fraction of sp³-hybridized carbons (Fsp3) is 0.167. The maximum atomic E-state index is 11.7. The molecular formula is C12H11BrN2O3. The van der Waals surface area contributed by atoms with Gasteiger partial charge in [-0.15, -0.1) is 0 Å². The molecule has 6 heteroatoms. The van der Waals surface area contributed by atoms with E-state index in [1.54, 1.807) is 25.3 Å². The number of methoxy groups -OCH3 is 1. The summed E-state index contributed by atoms with van der Waals surface area (Å²) in [4.78, 5) is 24.0. The van der Waals surface area contributed by atoms with E-state index in [1.807, 2.05) is 6.07 Å². The Labute approximate surface area is 113 Å². The third-order valence-electron chi connectivity index (χ3n) is 2.57. The number of carbonyl (C=O) groups is 2. The number of nitrogens with one attached hydrogen (secondary N) is 1. The fourth-order valence-electron chi connectivity index (χ4n) is 1.56. The van der Waals surface area contributed by atoms with E-state index >= 15 is 0 Å². The van der Waals surface area contributed by atoms with E-state index in [9.17, 15) is 9.59 Å². The van der Waals surface area contributed by atoms with Crippen LogP contribution in [0.5, 0.6) is 5.75 Å². The molecule has 0 saturated carbocycles. The van der Waals surface area contributed by atoms with Crippen LogP contribution in [0.25, 0.3) is 6.08 Å². The highest BCUT2D eigenvalue weighted by Gasteiger charge is 2.29. The third kappa shape index (κ3) is 2.24. The molecule has 1 aromatic carbocycles. The molecule has 1 aliphatic rings. The van der Waals surface area contributed by atoms with Gasteiger partial charge in [0.15, 0.2) is 0 Å². The van der Waals surface area contributed by atoms with E-state index in [1.165, 1.54) is 7.05 Å². The van der Waals surface area contributed by atoms with Crippen molar-refractivity contribution in [3.63, 3.8) is 0 Å². The number of amides is 3. The molecule has 18 heavy (non-hydrogen) atoms. The number of nitrogens with zero attached hydrogens (tertiary/aromatic N) is 1. The Morgan fingerprint density at radius 3 is 2.61 bits per heavy atom. The van der Waals surface area contributed by atoms with Gasteiger partial charge in [-0.1, -0.05) is 6.07 Å². The standard InChI is InChI=1S/C12H11BrN2O3/c1-15-11(16)9(14-12(15)17)6-7-3-4-10(18-2)8(13)5-7/h3-6H,1-2H3,(H,14,17)/b9-6+. The van der Waals surface area contributed by atoms with Gasteiger partial charge in [0.2, 0.25) is 0 Å². The zero-order valence-corrected chi connectivity index (χ0v) is 11.4. The molecule has 1 heterocycles. The van der Waals surface area contributed by atoms with E-state index in [0.29, 0.717) is 5.75 Å². The van der Waals surface area contributed by atoms with Gasteiger partial charge in [-0.2, -0.15) is 0 Å². The summed E-state index contributed by atoms with van der Waals surface area (Å²) in [5.41, 5.74) is 1.06. The topological polar surface area (TPSA) is 58.6 Å². The summed E-state index contributed by atoms with van der Waals surface area (Å²) in [5, 5.41) is 2.50. The Kier molecular flexibility index (Phi) is 3.38. The highest BCUT2D eigenvalue weighted by molar-refractivity contribution is 9.10. The number of halogens is 1. The van der Waals surface area contributed by atoms with Gasteiger partial charge in [0, 0.05) is 7.05 Å². The molecule has 0 radical (unpaired) electrons. The summed E-state index contributed by atoms with van der Waals surface area (Å²) in [5.74, 6) is 0.364. The van der Waals surface area contributed by atoms with Crippen LogP contribution in [0.15, 0.2) is 28.4 Å². The molecule has 0 atom stereocenters. The van der Waals surface area contributed by atoms with Gasteiger partial charge in [-0.25, -0.2) is 4.79 Å². The highest BCUT2D eigenvalue weighted by Crippen LogP contribution is 2.26. The molecule has 0 bridgehead atoms. The number of hydrogen-bond donors (Lipinski definition) is 1. The predicted octanol–water partition coefficient (Wildman–Crippen LogP) is 1.98. The number of likely N-dealkylation sites (N-methyl/N-ethyl adjacent to an activating group) is 1. The first-order chi connectivity index (χ1) is 8.52. The maximum Gasteiger partial charge on any atom is 0.328 e. The summed E-state index contributed by atoms with van der Waals surface area (Å²) in [6.45, 7) is 0. The van der Waals surface area contributed by atoms with Crippen molar-refractivity contribution in [3.05, 3.63) is 33.9 Å². The zero-order chi connectivity index (χ0) is 13.3. The van der Waals surface area contributed by atoms with Gasteiger partial charge in [0.1, 0.15) is 11.4 Å². The lowest BCUT2D eigenvalue weighted by Crippen LogP contribution is -2.25. The van der Waals surface area contributed by atoms with Crippen molar-refractivity contribution in [3.8, 4) is 5.75 Å². The van der Waals surface area contributed by atoms with Crippen molar-refractivity contribution in [2.45, 2.75) is 0 Å². The normalized spacial score (nSPS) is 17.3. The maximum absolute atomic E-state index is 11.7. The monoisotopic (exact) mass is 310 g/mol. The van der Waals surface area contributed by atoms with Crippen LogP contribution in [-0.4, -0.2) is 31.0 Å². The van der Waals surface area contributed by atoms with Crippen LogP contribution in [0.1, 0.15) is 5.56 Å². The molecule has 0 spiro atoms. The lowest BCUT2D eigenvalue weighted by molar-refractivity contribution is -0.121. The summed E-state index contributed by atoms with van der Waals surface area (Å²) in [6.07, 6.45) is 1.62. The molecule has 94 valence electrons. The van der Waals surface area contributed by atoms with Crippen molar-refractivity contribution >= 4 is 33.9 Å². The number of hydrogen-bond acceptors (Lipinski definition) is 3. The molecule has 0 unspecified atom stereocenters. The summed E-state index contributed by atoms with van der Waals surface area (Å²) in [6, 6.07) is 4.97. The Morgan fingerprint density at radius 1 is 1.39 bits per heavy atom. The molecule has 0 aliphatic carbocycles. The van der Waals surface area contributed by atoms with Crippen LogP contribution in [0.3, 0.4) is 0 Å². The van der Waals surface area contributed by atoms with E-state index in [0.717, 1.165) is 14.9 Å².